The molecule has 2 aliphatic carbocycles. The summed E-state index contributed by atoms with van der Waals surface area (Å²) in [5.74, 6) is 6.04. The van der Waals surface area contributed by atoms with E-state index in [9.17, 15) is 0 Å². The van der Waals surface area contributed by atoms with E-state index >= 15 is 0 Å². The Morgan fingerprint density at radius 3 is 1.79 bits per heavy atom. The fourth-order valence-corrected chi connectivity index (χ4v) is 7.72. The summed E-state index contributed by atoms with van der Waals surface area (Å²) in [6.45, 7) is 14.3. The number of hydrogen-bond donors (Lipinski definition) is 0. The summed E-state index contributed by atoms with van der Waals surface area (Å²) in [4.78, 5) is 0. The molecule has 1 heterocycles. The average molecular weight is 511 g/mol. The summed E-state index contributed by atoms with van der Waals surface area (Å²) in [7, 11) is 0. The van der Waals surface area contributed by atoms with Crippen LogP contribution in [0.25, 0.3) is 0 Å². The molecule has 1 aliphatic heterocycles. The first kappa shape index (κ1) is 27.3. The summed E-state index contributed by atoms with van der Waals surface area (Å²) in [6, 6.07) is 22.1. The van der Waals surface area contributed by atoms with E-state index in [0.717, 1.165) is 30.1 Å². The molecule has 2 saturated carbocycles. The fourth-order valence-electron chi connectivity index (χ4n) is 7.72. The van der Waals surface area contributed by atoms with Crippen molar-refractivity contribution >= 4 is 0 Å². The molecule has 1 nitrogen and oxygen atoms in total. The van der Waals surface area contributed by atoms with Gasteiger partial charge in [0.05, 0.1) is 0 Å². The zero-order valence-corrected chi connectivity index (χ0v) is 24.4. The van der Waals surface area contributed by atoms with Crippen molar-refractivity contribution in [2.45, 2.75) is 97.0 Å². The van der Waals surface area contributed by atoms with Crippen LogP contribution in [0.1, 0.15) is 103 Å². The van der Waals surface area contributed by atoms with Crippen LogP contribution in [0.15, 0.2) is 84.7 Å². The molecule has 2 fully saturated rings. The first-order chi connectivity index (χ1) is 18.4. The second kappa shape index (κ2) is 11.8. The van der Waals surface area contributed by atoms with E-state index in [0.29, 0.717) is 11.8 Å². The van der Waals surface area contributed by atoms with Crippen molar-refractivity contribution in [1.29, 1.82) is 0 Å². The lowest BCUT2D eigenvalue weighted by Gasteiger charge is -2.50. The van der Waals surface area contributed by atoms with Crippen molar-refractivity contribution in [3.63, 3.8) is 0 Å². The van der Waals surface area contributed by atoms with Gasteiger partial charge in [-0.3, -0.25) is 0 Å². The monoisotopic (exact) mass is 510 g/mol. The third kappa shape index (κ3) is 5.68. The topological polar surface area (TPSA) is 9.23 Å². The maximum Gasteiger partial charge on any atom is 0.162 e. The molecule has 0 aromatic heterocycles. The molecule has 1 heteroatoms. The van der Waals surface area contributed by atoms with Crippen molar-refractivity contribution in [2.24, 2.45) is 35.5 Å². The van der Waals surface area contributed by atoms with Crippen molar-refractivity contribution in [1.82, 2.24) is 0 Å². The van der Waals surface area contributed by atoms with E-state index in [-0.39, 0.29) is 5.92 Å². The van der Waals surface area contributed by atoms with Crippen LogP contribution in [0.3, 0.4) is 0 Å². The van der Waals surface area contributed by atoms with Crippen molar-refractivity contribution in [3.05, 3.63) is 95.8 Å². The van der Waals surface area contributed by atoms with E-state index in [4.69, 9.17) is 11.3 Å². The summed E-state index contributed by atoms with van der Waals surface area (Å²) < 4.78 is 7.12. The van der Waals surface area contributed by atoms with Crippen molar-refractivity contribution in [3.8, 4) is 0 Å². The summed E-state index contributed by atoms with van der Waals surface area (Å²) in [5.41, 5.74) is 3.67. The van der Waals surface area contributed by atoms with Gasteiger partial charge < -0.3 is 4.74 Å². The number of benzene rings is 2. The first-order valence-corrected chi connectivity index (χ1v) is 15.6. The fraction of sp³-hybridized carbons (Fsp3) is 0.568. The van der Waals surface area contributed by atoms with Crippen LogP contribution < -0.4 is 0 Å². The van der Waals surface area contributed by atoms with E-state index in [1.54, 1.807) is 0 Å². The lowest BCUT2D eigenvalue weighted by Crippen LogP contribution is -2.44. The molecular weight excluding hydrogens is 460 g/mol. The molecule has 0 amide bonds. The van der Waals surface area contributed by atoms with Crippen LogP contribution in [0.5, 0.6) is 0 Å². The molecule has 2 aromatic carbocycles. The Balaban J connectivity index is 1.42. The highest BCUT2D eigenvalue weighted by molar-refractivity contribution is 5.42. The van der Waals surface area contributed by atoms with Crippen LogP contribution >= 0.6 is 0 Å². The van der Waals surface area contributed by atoms with E-state index in [2.05, 4.69) is 94.4 Å². The minimum atomic E-state index is -0.412. The molecule has 5 rings (SSSR count). The highest BCUT2D eigenvalue weighted by Gasteiger charge is 2.50. The molecule has 0 bridgehead atoms. The zero-order valence-electron chi connectivity index (χ0n) is 24.4. The molecule has 0 radical (unpaired) electrons. The van der Waals surface area contributed by atoms with Crippen molar-refractivity contribution < 1.29 is 4.74 Å². The third-order valence-corrected chi connectivity index (χ3v) is 10.5. The first-order valence-electron chi connectivity index (χ1n) is 15.6. The Bertz CT molecular complexity index is 1060. The number of rotatable bonds is 9. The Morgan fingerprint density at radius 2 is 1.26 bits per heavy atom. The molecule has 38 heavy (non-hydrogen) atoms. The standard InChI is InChI=1S/C37H50O/c1-26(2)29-16-20-31(21-17-29)28(5)24-35(32-12-8-6-9-13-32)37(34-14-10-7-11-15-34)25-36(38-37)33-22-18-30(19-23-33)27(3)4/h6-15,25-27,29-31,33,35H,5,16-24H2,1-4H3/t29?,30?,31?,33?,35-,37-/m1/s1. The molecule has 3 aliphatic rings. The maximum atomic E-state index is 7.12. The van der Waals surface area contributed by atoms with Crippen LogP contribution in [-0.4, -0.2) is 0 Å². The smallest absolute Gasteiger partial charge is 0.162 e. The zero-order chi connectivity index (χ0) is 26.7. The second-order valence-corrected chi connectivity index (χ2v) is 13.3. The van der Waals surface area contributed by atoms with Gasteiger partial charge >= 0.3 is 0 Å². The Hall–Kier alpha value is -2.28. The molecule has 0 saturated heterocycles. The van der Waals surface area contributed by atoms with Gasteiger partial charge in [0.1, 0.15) is 5.76 Å². The Kier molecular flexibility index (Phi) is 8.51. The Labute approximate surface area is 232 Å². The predicted octanol–water partition coefficient (Wildman–Crippen LogP) is 10.5. The van der Waals surface area contributed by atoms with Gasteiger partial charge in [-0.1, -0.05) is 101 Å². The van der Waals surface area contributed by atoms with Crippen molar-refractivity contribution in [2.75, 3.05) is 0 Å². The van der Waals surface area contributed by atoms with Gasteiger partial charge in [-0.15, -0.1) is 0 Å². The molecule has 0 N–H and O–H groups in total. The van der Waals surface area contributed by atoms with Crippen LogP contribution in [0, 0.1) is 35.5 Å². The lowest BCUT2D eigenvalue weighted by molar-refractivity contribution is -0.0550. The van der Waals surface area contributed by atoms with Gasteiger partial charge in [0.2, 0.25) is 0 Å². The van der Waals surface area contributed by atoms with Gasteiger partial charge in [0, 0.05) is 23.5 Å². The molecule has 2 atom stereocenters. The van der Waals surface area contributed by atoms with Crippen LogP contribution in [0.2, 0.25) is 0 Å². The summed E-state index contributed by atoms with van der Waals surface area (Å²) in [6.07, 6.45) is 14.0. The van der Waals surface area contributed by atoms with E-state index in [1.807, 2.05) is 0 Å². The third-order valence-electron chi connectivity index (χ3n) is 10.5. The average Bonchev–Trinajstić information content (AvgIpc) is 2.93. The quantitative estimate of drug-likeness (QED) is 0.305. The largest absolute Gasteiger partial charge is 0.482 e. The van der Waals surface area contributed by atoms with Crippen LogP contribution in [-0.2, 0) is 10.3 Å². The minimum absolute atomic E-state index is 0.233. The minimum Gasteiger partial charge on any atom is -0.482 e. The van der Waals surface area contributed by atoms with Gasteiger partial charge in [0.15, 0.2) is 5.60 Å². The summed E-state index contributed by atoms with van der Waals surface area (Å²) >= 11 is 0. The number of ether oxygens (including phenoxy) is 1. The molecule has 2 aromatic rings. The van der Waals surface area contributed by atoms with Gasteiger partial charge in [-0.05, 0) is 92.9 Å². The highest BCUT2D eigenvalue weighted by Crippen LogP contribution is 2.55. The van der Waals surface area contributed by atoms with Gasteiger partial charge in [0.25, 0.3) is 0 Å². The lowest BCUT2D eigenvalue weighted by atomic mass is 9.67. The highest BCUT2D eigenvalue weighted by atomic mass is 16.5. The SMILES string of the molecule is C=C(C[C@H](c1ccccc1)[C@]1(c2ccccc2)C=C(C2CCC(C(C)C)CC2)O1)C1CCC(C(C)C)CC1. The molecule has 0 unspecified atom stereocenters. The normalized spacial score (nSPS) is 30.3. The van der Waals surface area contributed by atoms with E-state index < -0.39 is 5.60 Å². The number of hydrogen-bond acceptors (Lipinski definition) is 1. The molecule has 204 valence electrons. The second-order valence-electron chi connectivity index (χ2n) is 13.3. The molecular formula is C37H50O. The number of allylic oxidation sites excluding steroid dienone is 2. The van der Waals surface area contributed by atoms with Gasteiger partial charge in [-0.2, -0.15) is 0 Å². The Morgan fingerprint density at radius 1 is 0.763 bits per heavy atom. The van der Waals surface area contributed by atoms with E-state index in [1.165, 1.54) is 73.8 Å². The van der Waals surface area contributed by atoms with Crippen LogP contribution in [0.4, 0.5) is 0 Å². The predicted molar refractivity (Wildman–Crippen MR) is 161 cm³/mol. The maximum absolute atomic E-state index is 7.12. The van der Waals surface area contributed by atoms with Gasteiger partial charge in [-0.25, -0.2) is 0 Å². The summed E-state index contributed by atoms with van der Waals surface area (Å²) in [5, 5.41) is 0. The molecule has 0 spiro atoms.